The van der Waals surface area contributed by atoms with E-state index in [1.54, 1.807) is 4.90 Å². The zero-order valence-corrected chi connectivity index (χ0v) is 17.6. The van der Waals surface area contributed by atoms with Crippen molar-refractivity contribution in [3.05, 3.63) is 63.9 Å². The van der Waals surface area contributed by atoms with Crippen LogP contribution in [0.5, 0.6) is 0 Å². The van der Waals surface area contributed by atoms with Gasteiger partial charge in [0.05, 0.1) is 11.6 Å². The summed E-state index contributed by atoms with van der Waals surface area (Å²) in [5.74, 6) is -0.575. The number of nitrogens with zero attached hydrogens (tertiary/aromatic N) is 2. The van der Waals surface area contributed by atoms with Crippen molar-refractivity contribution in [2.24, 2.45) is 5.92 Å². The van der Waals surface area contributed by atoms with Gasteiger partial charge in [-0.15, -0.1) is 11.3 Å². The Hall–Kier alpha value is -2.51. The zero-order valence-electron chi connectivity index (χ0n) is 15.2. The molecule has 1 saturated heterocycles. The molecule has 0 radical (unpaired) electrons. The van der Waals surface area contributed by atoms with E-state index in [0.29, 0.717) is 11.7 Å². The number of anilines is 2. The van der Waals surface area contributed by atoms with Gasteiger partial charge in [0.25, 0.3) is 0 Å². The largest absolute Gasteiger partial charge is 0.312 e. The first-order valence-corrected chi connectivity index (χ1v) is 10.6. The lowest BCUT2D eigenvalue weighted by Crippen LogP contribution is -2.28. The van der Waals surface area contributed by atoms with Crippen LogP contribution in [0.3, 0.4) is 0 Å². The number of rotatable bonds is 4. The fourth-order valence-electron chi connectivity index (χ4n) is 3.22. The maximum atomic E-state index is 12.7. The van der Waals surface area contributed by atoms with Gasteiger partial charge in [-0.2, -0.15) is 0 Å². The van der Waals surface area contributed by atoms with Crippen LogP contribution in [0.4, 0.5) is 10.8 Å². The van der Waals surface area contributed by atoms with E-state index in [2.05, 4.69) is 26.2 Å². The second-order valence-corrected chi connectivity index (χ2v) is 8.55. The van der Waals surface area contributed by atoms with Crippen molar-refractivity contribution < 1.29 is 9.59 Å². The summed E-state index contributed by atoms with van der Waals surface area (Å²) < 4.78 is 1.00. The number of aryl methyl sites for hydroxylation is 1. The van der Waals surface area contributed by atoms with Crippen molar-refractivity contribution in [3.63, 3.8) is 0 Å². The summed E-state index contributed by atoms with van der Waals surface area (Å²) >= 11 is 4.80. The Labute approximate surface area is 175 Å². The standard InChI is InChI=1S/C21H18BrN3O2S/c1-13-3-2-4-17(9-13)25-11-15(10-19(25)26)20(27)24-21-23-18(12-28-21)14-5-7-16(22)8-6-14/h2-9,12,15H,10-11H2,1H3,(H,23,24,27). The number of benzene rings is 2. The molecule has 0 spiro atoms. The van der Waals surface area contributed by atoms with Gasteiger partial charge in [0.1, 0.15) is 0 Å². The molecule has 2 aromatic carbocycles. The van der Waals surface area contributed by atoms with Gasteiger partial charge in [-0.1, -0.05) is 40.2 Å². The molecule has 142 valence electrons. The summed E-state index contributed by atoms with van der Waals surface area (Å²) in [5, 5.41) is 5.33. The summed E-state index contributed by atoms with van der Waals surface area (Å²) in [6.07, 6.45) is 0.213. The topological polar surface area (TPSA) is 62.3 Å². The molecule has 1 aromatic heterocycles. The van der Waals surface area contributed by atoms with Gasteiger partial charge in [-0.05, 0) is 36.8 Å². The molecule has 0 bridgehead atoms. The molecule has 1 fully saturated rings. The van der Waals surface area contributed by atoms with Gasteiger partial charge in [0, 0.05) is 34.1 Å². The maximum absolute atomic E-state index is 12.7. The summed E-state index contributed by atoms with van der Waals surface area (Å²) in [6, 6.07) is 15.6. The number of nitrogens with one attached hydrogen (secondary N) is 1. The molecule has 1 unspecified atom stereocenters. The molecule has 1 N–H and O–H groups in total. The number of thiazole rings is 1. The number of hydrogen-bond donors (Lipinski definition) is 1. The maximum Gasteiger partial charge on any atom is 0.231 e. The Morgan fingerprint density at radius 3 is 2.79 bits per heavy atom. The minimum Gasteiger partial charge on any atom is -0.312 e. The predicted molar refractivity (Wildman–Crippen MR) is 116 cm³/mol. The van der Waals surface area contributed by atoms with Gasteiger partial charge in [-0.3, -0.25) is 9.59 Å². The van der Waals surface area contributed by atoms with Gasteiger partial charge in [0.2, 0.25) is 11.8 Å². The highest BCUT2D eigenvalue weighted by molar-refractivity contribution is 9.10. The van der Waals surface area contributed by atoms with Crippen LogP contribution in [0.1, 0.15) is 12.0 Å². The van der Waals surface area contributed by atoms with E-state index >= 15 is 0 Å². The molecule has 3 aromatic rings. The van der Waals surface area contributed by atoms with Crippen molar-refractivity contribution in [2.75, 3.05) is 16.8 Å². The van der Waals surface area contributed by atoms with E-state index in [9.17, 15) is 9.59 Å². The summed E-state index contributed by atoms with van der Waals surface area (Å²) in [5.41, 5.74) is 3.73. The molecule has 7 heteroatoms. The van der Waals surface area contributed by atoms with E-state index in [1.165, 1.54) is 11.3 Å². The van der Waals surface area contributed by atoms with Gasteiger partial charge in [0.15, 0.2) is 5.13 Å². The third-order valence-electron chi connectivity index (χ3n) is 4.68. The van der Waals surface area contributed by atoms with Crippen LogP contribution in [-0.4, -0.2) is 23.3 Å². The average Bonchev–Trinajstić information content (AvgIpc) is 3.29. The second kappa shape index (κ2) is 7.85. The Morgan fingerprint density at radius 1 is 1.25 bits per heavy atom. The van der Waals surface area contributed by atoms with Gasteiger partial charge in [-0.25, -0.2) is 4.98 Å². The third-order valence-corrected chi connectivity index (χ3v) is 5.97. The quantitative estimate of drug-likeness (QED) is 0.609. The predicted octanol–water partition coefficient (Wildman–Crippen LogP) is 4.87. The smallest absolute Gasteiger partial charge is 0.231 e. The molecule has 1 atom stereocenters. The second-order valence-electron chi connectivity index (χ2n) is 6.78. The fourth-order valence-corrected chi connectivity index (χ4v) is 4.21. The van der Waals surface area contributed by atoms with Crippen LogP contribution in [0, 0.1) is 12.8 Å². The summed E-state index contributed by atoms with van der Waals surface area (Å²) in [7, 11) is 0. The molecule has 1 aliphatic heterocycles. The molecular formula is C21H18BrN3O2S. The minimum absolute atomic E-state index is 0.0274. The number of aromatic nitrogens is 1. The number of amides is 2. The Kier molecular flexibility index (Phi) is 5.28. The van der Waals surface area contributed by atoms with Gasteiger partial charge < -0.3 is 10.2 Å². The van der Waals surface area contributed by atoms with E-state index in [4.69, 9.17) is 0 Å². The van der Waals surface area contributed by atoms with Crippen LogP contribution in [0.25, 0.3) is 11.3 Å². The highest BCUT2D eigenvalue weighted by Crippen LogP contribution is 2.29. The Bertz CT molecular complexity index is 1030. The lowest BCUT2D eigenvalue weighted by molar-refractivity contribution is -0.122. The van der Waals surface area contributed by atoms with Crippen LogP contribution in [0.2, 0.25) is 0 Å². The first-order chi connectivity index (χ1) is 13.5. The Morgan fingerprint density at radius 2 is 2.04 bits per heavy atom. The van der Waals surface area contributed by atoms with E-state index in [0.717, 1.165) is 27.0 Å². The SMILES string of the molecule is Cc1cccc(N2CC(C(=O)Nc3nc(-c4ccc(Br)cc4)cs3)CC2=O)c1. The molecule has 5 nitrogen and oxygen atoms in total. The first-order valence-electron chi connectivity index (χ1n) is 8.89. The number of carbonyl (C=O) groups excluding carboxylic acids is 2. The molecule has 2 heterocycles. The fraction of sp³-hybridized carbons (Fsp3) is 0.190. The van der Waals surface area contributed by atoms with Crippen LogP contribution < -0.4 is 10.2 Å². The van der Waals surface area contributed by atoms with Crippen molar-refractivity contribution in [3.8, 4) is 11.3 Å². The monoisotopic (exact) mass is 455 g/mol. The summed E-state index contributed by atoms with van der Waals surface area (Å²) in [4.78, 5) is 31.3. The van der Waals surface area contributed by atoms with E-state index in [1.807, 2.05) is 60.8 Å². The van der Waals surface area contributed by atoms with Crippen molar-refractivity contribution in [2.45, 2.75) is 13.3 Å². The molecule has 0 saturated carbocycles. The number of carbonyl (C=O) groups is 2. The molecule has 28 heavy (non-hydrogen) atoms. The Balaban J connectivity index is 1.43. The number of halogens is 1. The molecule has 1 aliphatic rings. The van der Waals surface area contributed by atoms with Crippen molar-refractivity contribution in [1.82, 2.24) is 4.98 Å². The van der Waals surface area contributed by atoms with Gasteiger partial charge >= 0.3 is 0 Å². The highest BCUT2D eigenvalue weighted by Gasteiger charge is 2.35. The van der Waals surface area contributed by atoms with E-state index in [-0.39, 0.29) is 24.2 Å². The van der Waals surface area contributed by atoms with Crippen molar-refractivity contribution in [1.29, 1.82) is 0 Å². The van der Waals surface area contributed by atoms with Crippen LogP contribution in [-0.2, 0) is 9.59 Å². The normalized spacial score (nSPS) is 16.4. The molecule has 2 amide bonds. The van der Waals surface area contributed by atoms with Crippen molar-refractivity contribution >= 4 is 49.9 Å². The first kappa shape index (κ1) is 18.8. The lowest BCUT2D eigenvalue weighted by atomic mass is 10.1. The average molecular weight is 456 g/mol. The molecule has 4 rings (SSSR count). The molecular weight excluding hydrogens is 438 g/mol. The molecule has 0 aliphatic carbocycles. The third kappa shape index (κ3) is 4.00. The number of hydrogen-bond acceptors (Lipinski definition) is 4. The van der Waals surface area contributed by atoms with E-state index < -0.39 is 0 Å². The zero-order chi connectivity index (χ0) is 19.7. The lowest BCUT2D eigenvalue weighted by Gasteiger charge is -2.17. The highest BCUT2D eigenvalue weighted by atomic mass is 79.9. The van der Waals surface area contributed by atoms with Crippen LogP contribution in [0.15, 0.2) is 58.4 Å². The summed E-state index contributed by atoms with van der Waals surface area (Å²) in [6.45, 7) is 2.37. The minimum atomic E-state index is -0.381. The van der Waals surface area contributed by atoms with Crippen LogP contribution >= 0.6 is 27.3 Å².